The van der Waals surface area contributed by atoms with Crippen LogP contribution in [-0.2, 0) is 11.3 Å². The molecule has 0 atom stereocenters. The number of hydrogen-bond donors (Lipinski definition) is 0. The molecule has 0 spiro atoms. The van der Waals surface area contributed by atoms with Crippen LogP contribution in [0.4, 0.5) is 8.78 Å². The average molecular weight is 391 g/mol. The van der Waals surface area contributed by atoms with Crippen LogP contribution in [-0.4, -0.2) is 6.11 Å². The van der Waals surface area contributed by atoms with Crippen LogP contribution in [0.1, 0.15) is 88.7 Å². The molecule has 2 aliphatic carbocycles. The lowest BCUT2D eigenvalue weighted by molar-refractivity contribution is -0.256. The maximum atomic E-state index is 14.3. The molecule has 0 heterocycles. The molecule has 0 radical (unpaired) electrons. The lowest BCUT2D eigenvalue weighted by Crippen LogP contribution is -2.26. The molecule has 0 saturated heterocycles. The Kier molecular flexibility index (Phi) is 7.68. The molecule has 0 N–H and O–H groups in total. The zero-order chi connectivity index (χ0) is 20.0. The Labute approximate surface area is 169 Å². The highest BCUT2D eigenvalue weighted by Gasteiger charge is 2.35. The first kappa shape index (κ1) is 21.5. The Morgan fingerprint density at radius 3 is 2.21 bits per heavy atom. The number of hydrogen-bond acceptors (Lipinski definition) is 1. The molecule has 1 nitrogen and oxygen atoms in total. The zero-order valence-electron chi connectivity index (χ0n) is 17.5. The van der Waals surface area contributed by atoms with E-state index >= 15 is 0 Å². The number of rotatable bonds is 7. The minimum atomic E-state index is -3.03. The summed E-state index contributed by atoms with van der Waals surface area (Å²) < 4.78 is 33.7. The van der Waals surface area contributed by atoms with Crippen molar-refractivity contribution in [3.63, 3.8) is 0 Å². The number of benzene rings is 1. The first-order valence-corrected chi connectivity index (χ1v) is 11.2. The van der Waals surface area contributed by atoms with E-state index < -0.39 is 6.11 Å². The fourth-order valence-corrected chi connectivity index (χ4v) is 4.92. The molecule has 0 aliphatic heterocycles. The normalized spacial score (nSPS) is 29.3. The Morgan fingerprint density at radius 1 is 0.964 bits per heavy atom. The number of ether oxygens (including phenoxy) is 1. The maximum absolute atomic E-state index is 14.3. The molecule has 0 bridgehead atoms. The van der Waals surface area contributed by atoms with Gasteiger partial charge in [0.1, 0.15) is 0 Å². The topological polar surface area (TPSA) is 9.23 Å². The molecule has 2 saturated carbocycles. The van der Waals surface area contributed by atoms with Crippen molar-refractivity contribution in [2.24, 2.45) is 17.8 Å². The van der Waals surface area contributed by atoms with E-state index in [0.717, 1.165) is 37.2 Å². The van der Waals surface area contributed by atoms with Crippen LogP contribution in [0.2, 0.25) is 0 Å². The summed E-state index contributed by atoms with van der Waals surface area (Å²) in [6.45, 7) is 4.34. The van der Waals surface area contributed by atoms with E-state index in [9.17, 15) is 8.78 Å². The molecule has 0 amide bonds. The number of allylic oxidation sites excluding steroid dienone is 2. The highest BCUT2D eigenvalue weighted by Crippen LogP contribution is 2.38. The third kappa shape index (κ3) is 6.40. The molecule has 28 heavy (non-hydrogen) atoms. The van der Waals surface area contributed by atoms with Crippen LogP contribution in [0.25, 0.3) is 0 Å². The van der Waals surface area contributed by atoms with Gasteiger partial charge in [-0.15, -0.1) is 0 Å². The van der Waals surface area contributed by atoms with Crippen molar-refractivity contribution in [3.05, 3.63) is 47.5 Å². The van der Waals surface area contributed by atoms with Crippen LogP contribution < -0.4 is 0 Å². The van der Waals surface area contributed by atoms with Crippen molar-refractivity contribution in [1.82, 2.24) is 0 Å². The highest BCUT2D eigenvalue weighted by atomic mass is 19.3. The minimum absolute atomic E-state index is 0.0110. The fourth-order valence-electron chi connectivity index (χ4n) is 4.92. The van der Waals surface area contributed by atoms with Gasteiger partial charge in [-0.1, -0.05) is 56.2 Å². The molecule has 0 unspecified atom stereocenters. The number of alkyl halides is 2. The van der Waals surface area contributed by atoms with Gasteiger partial charge in [0.15, 0.2) is 0 Å². The maximum Gasteiger partial charge on any atom is 0.356 e. The molecule has 0 aromatic heterocycles. The standard InChI is InChI=1S/C25H36F2O/c1-3-4-20-7-9-21(10-8-20)17-25(26,27)28-18-22-11-15-24(16-12-22)23-13-5-19(2)6-14-23/h3-4,11-12,15-16,19-21,23H,5-10,13-14,17-18H2,1-2H3. The quantitative estimate of drug-likeness (QED) is 0.430. The van der Waals surface area contributed by atoms with E-state index in [1.807, 2.05) is 19.1 Å². The van der Waals surface area contributed by atoms with Gasteiger partial charge >= 0.3 is 6.11 Å². The second-order valence-corrected chi connectivity index (χ2v) is 9.14. The summed E-state index contributed by atoms with van der Waals surface area (Å²) in [6, 6.07) is 8.15. The minimum Gasteiger partial charge on any atom is -0.316 e. The van der Waals surface area contributed by atoms with Crippen LogP contribution in [0, 0.1) is 17.8 Å². The molecule has 3 heteroatoms. The van der Waals surface area contributed by atoms with Gasteiger partial charge in [0.05, 0.1) is 6.61 Å². The van der Waals surface area contributed by atoms with Crippen LogP contribution >= 0.6 is 0 Å². The van der Waals surface area contributed by atoms with E-state index in [-0.39, 0.29) is 18.9 Å². The fraction of sp³-hybridized carbons (Fsp3) is 0.680. The largest absolute Gasteiger partial charge is 0.356 e. The molecule has 156 valence electrons. The van der Waals surface area contributed by atoms with E-state index in [1.54, 1.807) is 0 Å². The summed E-state index contributed by atoms with van der Waals surface area (Å²) in [5.41, 5.74) is 2.18. The second-order valence-electron chi connectivity index (χ2n) is 9.14. The van der Waals surface area contributed by atoms with Gasteiger partial charge in [-0.25, -0.2) is 0 Å². The van der Waals surface area contributed by atoms with Crippen molar-refractivity contribution in [2.75, 3.05) is 0 Å². The summed E-state index contributed by atoms with van der Waals surface area (Å²) >= 11 is 0. The smallest absolute Gasteiger partial charge is 0.316 e. The first-order chi connectivity index (χ1) is 13.4. The third-order valence-electron chi connectivity index (χ3n) is 6.80. The molecular weight excluding hydrogens is 354 g/mol. The first-order valence-electron chi connectivity index (χ1n) is 11.2. The van der Waals surface area contributed by atoms with Crippen molar-refractivity contribution in [2.45, 2.75) is 90.3 Å². The molecule has 1 aromatic carbocycles. The predicted molar refractivity (Wildman–Crippen MR) is 111 cm³/mol. The summed E-state index contributed by atoms with van der Waals surface area (Å²) in [6.07, 6.45) is 9.97. The lowest BCUT2D eigenvalue weighted by atomic mass is 9.79. The SMILES string of the molecule is CC=CC1CCC(CC(F)(F)OCc2ccc(C3CCC(C)CC3)cc2)CC1. The monoisotopic (exact) mass is 390 g/mol. The van der Waals surface area contributed by atoms with E-state index in [1.165, 1.54) is 31.2 Å². The summed E-state index contributed by atoms with van der Waals surface area (Å²) in [5, 5.41) is 0. The molecule has 2 aliphatic rings. The van der Waals surface area contributed by atoms with E-state index in [4.69, 9.17) is 4.74 Å². The van der Waals surface area contributed by atoms with Gasteiger partial charge in [-0.05, 0) is 80.2 Å². The Bertz CT molecular complexity index is 606. The van der Waals surface area contributed by atoms with E-state index in [2.05, 4.69) is 31.2 Å². The van der Waals surface area contributed by atoms with Gasteiger partial charge in [-0.2, -0.15) is 8.78 Å². The van der Waals surface area contributed by atoms with Crippen molar-refractivity contribution >= 4 is 0 Å². The van der Waals surface area contributed by atoms with Crippen molar-refractivity contribution in [1.29, 1.82) is 0 Å². The van der Waals surface area contributed by atoms with E-state index in [0.29, 0.717) is 11.8 Å². The Balaban J connectivity index is 1.44. The summed E-state index contributed by atoms with van der Waals surface area (Å²) in [7, 11) is 0. The predicted octanol–water partition coefficient (Wildman–Crippen LogP) is 7.86. The third-order valence-corrected chi connectivity index (χ3v) is 6.80. The average Bonchev–Trinajstić information content (AvgIpc) is 2.69. The van der Waals surface area contributed by atoms with Gasteiger partial charge in [0.25, 0.3) is 0 Å². The van der Waals surface area contributed by atoms with Crippen LogP contribution in [0.3, 0.4) is 0 Å². The van der Waals surface area contributed by atoms with Crippen LogP contribution in [0.5, 0.6) is 0 Å². The summed E-state index contributed by atoms with van der Waals surface area (Å²) in [4.78, 5) is 0. The second kappa shape index (κ2) is 10.0. The number of halogens is 2. The Hall–Kier alpha value is -1.22. The zero-order valence-corrected chi connectivity index (χ0v) is 17.5. The Morgan fingerprint density at radius 2 is 1.61 bits per heavy atom. The van der Waals surface area contributed by atoms with Gasteiger partial charge in [0, 0.05) is 6.42 Å². The summed E-state index contributed by atoms with van der Waals surface area (Å²) in [5.74, 6) is 2.11. The molecule has 2 fully saturated rings. The van der Waals surface area contributed by atoms with Gasteiger partial charge < -0.3 is 4.74 Å². The molecular formula is C25H36F2O. The highest BCUT2D eigenvalue weighted by molar-refractivity contribution is 5.25. The molecule has 3 rings (SSSR count). The van der Waals surface area contributed by atoms with Crippen LogP contribution in [0.15, 0.2) is 36.4 Å². The molecule has 1 aromatic rings. The van der Waals surface area contributed by atoms with Gasteiger partial charge in [-0.3, -0.25) is 0 Å². The van der Waals surface area contributed by atoms with Gasteiger partial charge in [0.2, 0.25) is 0 Å². The lowest BCUT2D eigenvalue weighted by Gasteiger charge is -2.29. The van der Waals surface area contributed by atoms with Crippen molar-refractivity contribution < 1.29 is 13.5 Å². The van der Waals surface area contributed by atoms with Crippen molar-refractivity contribution in [3.8, 4) is 0 Å².